The van der Waals surface area contributed by atoms with E-state index in [4.69, 9.17) is 5.11 Å². The van der Waals surface area contributed by atoms with Crippen LogP contribution in [0.1, 0.15) is 26.4 Å². The number of nitrogens with one attached hydrogen (secondary N) is 1. The van der Waals surface area contributed by atoms with Crippen LogP contribution in [0.3, 0.4) is 0 Å². The first kappa shape index (κ1) is 13.7. The number of carbonyl (C=O) groups is 2. The van der Waals surface area contributed by atoms with Gasteiger partial charge in [0, 0.05) is 6.20 Å². The fraction of sp³-hybridized carbons (Fsp3) is 0.0714. The molecule has 0 radical (unpaired) electrons. The Hall–Kier alpha value is -2.76. The highest BCUT2D eigenvalue weighted by Crippen LogP contribution is 2.21. The van der Waals surface area contributed by atoms with Crippen molar-refractivity contribution in [3.05, 3.63) is 59.2 Å². The lowest BCUT2D eigenvalue weighted by atomic mass is 10.1. The number of halogens is 1. The first-order valence-electron chi connectivity index (χ1n) is 5.75. The quantitative estimate of drug-likeness (QED) is 0.901. The van der Waals surface area contributed by atoms with Crippen LogP contribution in [0.5, 0.6) is 0 Å². The van der Waals surface area contributed by atoms with Crippen molar-refractivity contribution >= 4 is 17.6 Å². The van der Waals surface area contributed by atoms with Gasteiger partial charge in [0.15, 0.2) is 0 Å². The number of hydrogen-bond donors (Lipinski definition) is 2. The Morgan fingerprint density at radius 1 is 1.25 bits per heavy atom. The molecule has 20 heavy (non-hydrogen) atoms. The molecule has 1 heterocycles. The van der Waals surface area contributed by atoms with Crippen molar-refractivity contribution in [3.8, 4) is 0 Å². The Morgan fingerprint density at radius 2 is 2.00 bits per heavy atom. The summed E-state index contributed by atoms with van der Waals surface area (Å²) in [6, 6.07) is 6.90. The second-order valence-corrected chi connectivity index (χ2v) is 4.09. The van der Waals surface area contributed by atoms with Gasteiger partial charge >= 0.3 is 5.97 Å². The zero-order chi connectivity index (χ0) is 14.7. The molecule has 1 amide bonds. The van der Waals surface area contributed by atoms with Crippen LogP contribution in [0.25, 0.3) is 0 Å². The summed E-state index contributed by atoms with van der Waals surface area (Å²) in [7, 11) is 0. The van der Waals surface area contributed by atoms with E-state index in [1.807, 2.05) is 0 Å². The molecular weight excluding hydrogens is 263 g/mol. The van der Waals surface area contributed by atoms with Crippen molar-refractivity contribution in [2.45, 2.75) is 6.92 Å². The molecule has 2 rings (SSSR count). The number of rotatable bonds is 3. The summed E-state index contributed by atoms with van der Waals surface area (Å²) in [5.74, 6) is -2.79. The van der Waals surface area contributed by atoms with Gasteiger partial charge in [-0.3, -0.25) is 9.78 Å². The second-order valence-electron chi connectivity index (χ2n) is 4.09. The Kier molecular flexibility index (Phi) is 3.74. The van der Waals surface area contributed by atoms with Gasteiger partial charge in [0.2, 0.25) is 0 Å². The van der Waals surface area contributed by atoms with E-state index < -0.39 is 17.7 Å². The number of aromatic nitrogens is 1. The van der Waals surface area contributed by atoms with Gasteiger partial charge in [-0.05, 0) is 30.7 Å². The van der Waals surface area contributed by atoms with Crippen LogP contribution in [0.2, 0.25) is 0 Å². The van der Waals surface area contributed by atoms with Gasteiger partial charge in [0.25, 0.3) is 5.91 Å². The molecule has 0 fully saturated rings. The van der Waals surface area contributed by atoms with E-state index in [1.165, 1.54) is 18.3 Å². The highest BCUT2D eigenvalue weighted by atomic mass is 19.1. The molecule has 0 saturated heterocycles. The first-order valence-corrected chi connectivity index (χ1v) is 5.75. The van der Waals surface area contributed by atoms with E-state index in [1.54, 1.807) is 19.1 Å². The van der Waals surface area contributed by atoms with Gasteiger partial charge in [0.1, 0.15) is 11.5 Å². The van der Waals surface area contributed by atoms with Gasteiger partial charge in [-0.15, -0.1) is 0 Å². The molecule has 1 aromatic heterocycles. The van der Waals surface area contributed by atoms with Crippen LogP contribution >= 0.6 is 0 Å². The van der Waals surface area contributed by atoms with Gasteiger partial charge in [0.05, 0.1) is 11.3 Å². The lowest BCUT2D eigenvalue weighted by molar-refractivity contribution is 0.0697. The van der Waals surface area contributed by atoms with E-state index in [0.717, 1.165) is 6.07 Å². The van der Waals surface area contributed by atoms with Gasteiger partial charge in [-0.2, -0.15) is 0 Å². The molecule has 0 aliphatic carbocycles. The van der Waals surface area contributed by atoms with Crippen LogP contribution < -0.4 is 5.32 Å². The maximum absolute atomic E-state index is 13.7. The largest absolute Gasteiger partial charge is 0.478 e. The third-order valence-corrected chi connectivity index (χ3v) is 2.71. The number of carbonyl (C=O) groups excluding carboxylic acids is 1. The normalized spacial score (nSPS) is 10.1. The molecule has 0 aliphatic heterocycles. The lowest BCUT2D eigenvalue weighted by Gasteiger charge is -2.10. The molecule has 0 atom stereocenters. The third-order valence-electron chi connectivity index (χ3n) is 2.71. The molecule has 2 aromatic rings. The number of para-hydroxylation sites is 1. The molecule has 0 saturated carbocycles. The van der Waals surface area contributed by atoms with Crippen molar-refractivity contribution in [3.63, 3.8) is 0 Å². The summed E-state index contributed by atoms with van der Waals surface area (Å²) in [5.41, 5.74) is 0.0484. The summed E-state index contributed by atoms with van der Waals surface area (Å²) in [5, 5.41) is 11.3. The molecule has 0 unspecified atom stereocenters. The molecule has 102 valence electrons. The maximum atomic E-state index is 13.7. The molecule has 0 aliphatic rings. The minimum absolute atomic E-state index is 0.118. The van der Waals surface area contributed by atoms with E-state index >= 15 is 0 Å². The van der Waals surface area contributed by atoms with Crippen molar-refractivity contribution < 1.29 is 19.1 Å². The van der Waals surface area contributed by atoms with Crippen LogP contribution in [0.15, 0.2) is 36.5 Å². The Labute approximate surface area is 114 Å². The average molecular weight is 274 g/mol. The number of pyridine rings is 1. The highest BCUT2D eigenvalue weighted by Gasteiger charge is 2.18. The molecule has 0 spiro atoms. The third kappa shape index (κ3) is 2.64. The first-order chi connectivity index (χ1) is 9.50. The fourth-order valence-electron chi connectivity index (χ4n) is 1.73. The number of hydrogen-bond acceptors (Lipinski definition) is 3. The van der Waals surface area contributed by atoms with Crippen LogP contribution in [-0.2, 0) is 0 Å². The predicted molar refractivity (Wildman–Crippen MR) is 70.3 cm³/mol. The number of aryl methyl sites for hydroxylation is 1. The predicted octanol–water partition coefficient (Wildman–Crippen LogP) is 2.48. The number of benzene rings is 1. The summed E-state index contributed by atoms with van der Waals surface area (Å²) in [4.78, 5) is 27.0. The van der Waals surface area contributed by atoms with Crippen molar-refractivity contribution in [2.75, 3.05) is 5.32 Å². The Balaban J connectivity index is 2.38. The van der Waals surface area contributed by atoms with Crippen LogP contribution in [-0.4, -0.2) is 22.0 Å². The minimum Gasteiger partial charge on any atom is -0.478 e. The number of anilines is 1. The molecule has 1 aromatic carbocycles. The van der Waals surface area contributed by atoms with E-state index in [-0.39, 0.29) is 16.9 Å². The summed E-state index contributed by atoms with van der Waals surface area (Å²) in [6.45, 7) is 1.68. The number of amides is 1. The van der Waals surface area contributed by atoms with Crippen LogP contribution in [0.4, 0.5) is 10.1 Å². The van der Waals surface area contributed by atoms with Crippen LogP contribution in [0, 0.1) is 12.7 Å². The maximum Gasteiger partial charge on any atom is 0.337 e. The zero-order valence-corrected chi connectivity index (χ0v) is 10.6. The van der Waals surface area contributed by atoms with Gasteiger partial charge < -0.3 is 10.4 Å². The van der Waals surface area contributed by atoms with Crippen molar-refractivity contribution in [1.82, 2.24) is 4.98 Å². The number of carboxylic acid groups (broad SMARTS) is 1. The van der Waals surface area contributed by atoms with E-state index in [0.29, 0.717) is 5.56 Å². The van der Waals surface area contributed by atoms with Gasteiger partial charge in [-0.1, -0.05) is 12.1 Å². The molecule has 2 N–H and O–H groups in total. The topological polar surface area (TPSA) is 79.3 Å². The summed E-state index contributed by atoms with van der Waals surface area (Å²) in [6.07, 6.45) is 1.43. The Morgan fingerprint density at radius 3 is 2.65 bits per heavy atom. The monoisotopic (exact) mass is 274 g/mol. The number of carboxylic acids is 1. The molecule has 0 bridgehead atoms. The molecule has 5 nitrogen and oxygen atoms in total. The standard InChI is InChI=1S/C14H11FN2O3/c1-8-4-3-7-16-11(8)13(18)17-12-9(14(19)20)5-2-6-10(12)15/h2-7H,1H3,(H,17,18)(H,19,20). The SMILES string of the molecule is Cc1cccnc1C(=O)Nc1c(F)cccc1C(=O)O. The Bertz CT molecular complexity index is 686. The smallest absolute Gasteiger partial charge is 0.337 e. The minimum atomic E-state index is -1.32. The lowest BCUT2D eigenvalue weighted by Crippen LogP contribution is -2.18. The second kappa shape index (κ2) is 5.48. The number of aromatic carboxylic acids is 1. The summed E-state index contributed by atoms with van der Waals surface area (Å²) >= 11 is 0. The fourth-order valence-corrected chi connectivity index (χ4v) is 1.73. The van der Waals surface area contributed by atoms with E-state index in [9.17, 15) is 14.0 Å². The van der Waals surface area contributed by atoms with Crippen molar-refractivity contribution in [2.24, 2.45) is 0 Å². The zero-order valence-electron chi connectivity index (χ0n) is 10.6. The molecule has 6 heteroatoms. The van der Waals surface area contributed by atoms with Crippen molar-refractivity contribution in [1.29, 1.82) is 0 Å². The average Bonchev–Trinajstić information content (AvgIpc) is 2.41. The number of nitrogens with zero attached hydrogens (tertiary/aromatic N) is 1. The highest BCUT2D eigenvalue weighted by molar-refractivity contribution is 6.07. The van der Waals surface area contributed by atoms with Gasteiger partial charge in [-0.25, -0.2) is 9.18 Å². The molecular formula is C14H11FN2O3. The van der Waals surface area contributed by atoms with E-state index in [2.05, 4.69) is 10.3 Å². The summed E-state index contributed by atoms with van der Waals surface area (Å²) < 4.78 is 13.7.